The first-order valence-electron chi connectivity index (χ1n) is 6.19. The maximum Gasteiger partial charge on any atom is 0.357 e. The van der Waals surface area contributed by atoms with Crippen LogP contribution in [0, 0.1) is 0 Å². The molecule has 0 amide bonds. The molecule has 5 nitrogen and oxygen atoms in total. The topological polar surface area (TPSA) is 75.3 Å². The van der Waals surface area contributed by atoms with Gasteiger partial charge in [0.25, 0.3) is 5.92 Å². The Morgan fingerprint density at radius 3 is 2.59 bits per heavy atom. The van der Waals surface area contributed by atoms with Crippen molar-refractivity contribution >= 4 is 45.2 Å². The second-order valence-electron chi connectivity index (χ2n) is 5.41. The van der Waals surface area contributed by atoms with Crippen molar-refractivity contribution in [3.05, 3.63) is 28.4 Å². The van der Waals surface area contributed by atoms with Gasteiger partial charge in [0.05, 0.1) is 17.7 Å². The van der Waals surface area contributed by atoms with E-state index in [0.717, 1.165) is 0 Å². The number of aromatic carboxylic acids is 1. The van der Waals surface area contributed by atoms with E-state index in [2.05, 4.69) is 21.0 Å². The Kier molecular flexibility index (Phi) is 4.23. The van der Waals surface area contributed by atoms with Crippen LogP contribution in [0.4, 0.5) is 8.78 Å². The summed E-state index contributed by atoms with van der Waals surface area (Å²) >= 11 is 3.27. The van der Waals surface area contributed by atoms with Crippen LogP contribution in [0.2, 0.25) is 0 Å². The van der Waals surface area contributed by atoms with Crippen molar-refractivity contribution in [2.24, 2.45) is 0 Å². The Balaban J connectivity index is 0.00000176. The molecule has 1 aromatic carbocycles. The first-order chi connectivity index (χ1) is 9.69. The fourth-order valence-corrected chi connectivity index (χ4v) is 3.08. The summed E-state index contributed by atoms with van der Waals surface area (Å²) in [7, 11) is 0. The van der Waals surface area contributed by atoms with Crippen LogP contribution in [-0.4, -0.2) is 37.5 Å². The number of aromatic nitrogens is 2. The van der Waals surface area contributed by atoms with Gasteiger partial charge in [-0.25, -0.2) is 13.6 Å². The van der Waals surface area contributed by atoms with Crippen LogP contribution in [0.25, 0.3) is 10.9 Å². The van der Waals surface area contributed by atoms with Gasteiger partial charge in [-0.1, -0.05) is 15.9 Å². The fraction of sp³-hybridized carbons (Fsp3) is 0.385. The summed E-state index contributed by atoms with van der Waals surface area (Å²) in [5.74, 6) is -4.07. The van der Waals surface area contributed by atoms with Crippen molar-refractivity contribution in [3.8, 4) is 0 Å². The Hall–Kier alpha value is -1.25. The smallest absolute Gasteiger partial charge is 0.357 e. The normalized spacial score (nSPS) is 18.5. The molecule has 0 aliphatic heterocycles. The third-order valence-electron chi connectivity index (χ3n) is 3.54. The number of benzene rings is 1. The molecule has 0 bridgehead atoms. The summed E-state index contributed by atoms with van der Waals surface area (Å²) in [6.45, 7) is -0.164. The number of halogens is 4. The Morgan fingerprint density at radius 1 is 1.41 bits per heavy atom. The number of alkyl halides is 2. The van der Waals surface area contributed by atoms with Crippen molar-refractivity contribution in [3.63, 3.8) is 0 Å². The Morgan fingerprint density at radius 2 is 2.05 bits per heavy atom. The van der Waals surface area contributed by atoms with E-state index in [1.54, 1.807) is 18.2 Å². The zero-order valence-electron chi connectivity index (χ0n) is 11.1. The summed E-state index contributed by atoms with van der Waals surface area (Å²) < 4.78 is 27.9. The van der Waals surface area contributed by atoms with E-state index in [1.807, 2.05) is 0 Å². The van der Waals surface area contributed by atoms with Gasteiger partial charge in [0.2, 0.25) is 0 Å². The third-order valence-corrected chi connectivity index (χ3v) is 4.03. The lowest BCUT2D eigenvalue weighted by molar-refractivity contribution is -0.210. The molecule has 2 aromatic rings. The zero-order chi connectivity index (χ0) is 15.4. The van der Waals surface area contributed by atoms with E-state index in [9.17, 15) is 18.7 Å². The van der Waals surface area contributed by atoms with Gasteiger partial charge in [0, 0.05) is 22.7 Å². The summed E-state index contributed by atoms with van der Waals surface area (Å²) in [6.07, 6.45) is -1.28. The monoisotopic (exact) mass is 396 g/mol. The van der Waals surface area contributed by atoms with Crippen LogP contribution in [0.5, 0.6) is 0 Å². The summed E-state index contributed by atoms with van der Waals surface area (Å²) in [5, 5.41) is 23.6. The van der Waals surface area contributed by atoms with Crippen LogP contribution in [0.3, 0.4) is 0 Å². The van der Waals surface area contributed by atoms with Gasteiger partial charge < -0.3 is 10.2 Å². The van der Waals surface area contributed by atoms with Gasteiger partial charge in [-0.15, -0.1) is 12.4 Å². The Labute approximate surface area is 138 Å². The highest BCUT2D eigenvalue weighted by Gasteiger charge is 2.56. The number of rotatable bonds is 3. The average Bonchev–Trinajstić information content (AvgIpc) is 2.64. The maximum absolute atomic E-state index is 13.0. The minimum absolute atomic E-state index is 0. The maximum atomic E-state index is 13.0. The second-order valence-corrected chi connectivity index (χ2v) is 6.32. The van der Waals surface area contributed by atoms with Crippen LogP contribution in [-0.2, 0) is 6.54 Å². The number of nitrogens with zero attached hydrogens (tertiary/aromatic N) is 2. The number of carboxylic acid groups (broad SMARTS) is 1. The molecule has 3 rings (SSSR count). The minimum Gasteiger partial charge on any atom is -0.476 e. The molecule has 1 heterocycles. The van der Waals surface area contributed by atoms with Crippen molar-refractivity contribution in [2.45, 2.75) is 30.9 Å². The highest BCUT2D eigenvalue weighted by Crippen LogP contribution is 2.46. The molecule has 0 spiro atoms. The van der Waals surface area contributed by atoms with Crippen molar-refractivity contribution in [1.82, 2.24) is 9.78 Å². The highest BCUT2D eigenvalue weighted by molar-refractivity contribution is 9.10. The molecular weight excluding hydrogens is 386 g/mol. The number of aliphatic hydroxyl groups is 1. The standard InChI is InChI=1S/C13H11BrF2N2O3.ClH/c14-7-1-2-8-9(3-7)18(17-10(8)11(19)20)6-12(21)4-13(15,16)5-12;/h1-3,21H,4-6H2,(H,19,20);1H. The molecule has 0 unspecified atom stereocenters. The summed E-state index contributed by atoms with van der Waals surface area (Å²) in [4.78, 5) is 11.2. The molecule has 1 aromatic heterocycles. The van der Waals surface area contributed by atoms with E-state index in [0.29, 0.717) is 15.4 Å². The van der Waals surface area contributed by atoms with Crippen LogP contribution >= 0.6 is 28.3 Å². The summed E-state index contributed by atoms with van der Waals surface area (Å²) in [6, 6.07) is 4.91. The minimum atomic E-state index is -2.87. The predicted molar refractivity (Wildman–Crippen MR) is 80.8 cm³/mol. The molecule has 0 atom stereocenters. The predicted octanol–water partition coefficient (Wildman–Crippen LogP) is 3.08. The van der Waals surface area contributed by atoms with Gasteiger partial charge in [-0.3, -0.25) is 4.68 Å². The van der Waals surface area contributed by atoms with Crippen molar-refractivity contribution in [2.75, 3.05) is 0 Å². The van der Waals surface area contributed by atoms with E-state index < -0.39 is 30.3 Å². The lowest BCUT2D eigenvalue weighted by Gasteiger charge is -2.43. The van der Waals surface area contributed by atoms with E-state index >= 15 is 0 Å². The van der Waals surface area contributed by atoms with Crippen molar-refractivity contribution < 1.29 is 23.8 Å². The largest absolute Gasteiger partial charge is 0.476 e. The molecule has 1 aliphatic rings. The fourth-order valence-electron chi connectivity index (χ4n) is 2.73. The number of carboxylic acids is 1. The first-order valence-corrected chi connectivity index (χ1v) is 6.98. The van der Waals surface area contributed by atoms with Gasteiger partial charge in [-0.2, -0.15) is 5.10 Å². The van der Waals surface area contributed by atoms with Crippen LogP contribution in [0.1, 0.15) is 23.3 Å². The number of fused-ring (bicyclic) bond motifs is 1. The molecule has 2 N–H and O–H groups in total. The highest BCUT2D eigenvalue weighted by atomic mass is 79.9. The molecule has 0 saturated heterocycles. The molecule has 1 aliphatic carbocycles. The molecule has 1 saturated carbocycles. The molecule has 120 valence electrons. The zero-order valence-corrected chi connectivity index (χ0v) is 13.5. The van der Waals surface area contributed by atoms with Crippen LogP contribution in [0.15, 0.2) is 22.7 Å². The second kappa shape index (κ2) is 5.43. The van der Waals surface area contributed by atoms with E-state index in [1.165, 1.54) is 4.68 Å². The SMILES string of the molecule is Cl.O=C(O)c1nn(CC2(O)CC(F)(F)C2)c2cc(Br)ccc12. The van der Waals surface area contributed by atoms with Crippen LogP contribution < -0.4 is 0 Å². The lowest BCUT2D eigenvalue weighted by atomic mass is 9.76. The van der Waals surface area contributed by atoms with Gasteiger partial charge >= 0.3 is 5.97 Å². The van der Waals surface area contributed by atoms with E-state index in [4.69, 9.17) is 5.11 Å². The van der Waals surface area contributed by atoms with Gasteiger partial charge in [0.1, 0.15) is 0 Å². The number of hydrogen-bond acceptors (Lipinski definition) is 3. The van der Waals surface area contributed by atoms with Crippen molar-refractivity contribution in [1.29, 1.82) is 0 Å². The molecule has 0 radical (unpaired) electrons. The van der Waals surface area contributed by atoms with E-state index in [-0.39, 0.29) is 24.6 Å². The number of carbonyl (C=O) groups is 1. The molecule has 9 heteroatoms. The lowest BCUT2D eigenvalue weighted by Crippen LogP contribution is -2.54. The third kappa shape index (κ3) is 2.95. The molecular formula is C13H12BrClF2N2O3. The quantitative estimate of drug-likeness (QED) is 0.835. The average molecular weight is 398 g/mol. The number of hydrogen-bond donors (Lipinski definition) is 2. The van der Waals surface area contributed by atoms with Gasteiger partial charge in [-0.05, 0) is 18.2 Å². The first kappa shape index (κ1) is 17.1. The van der Waals surface area contributed by atoms with Gasteiger partial charge in [0.15, 0.2) is 5.69 Å². The molecule has 1 fully saturated rings. The Bertz CT molecular complexity index is 742. The molecule has 22 heavy (non-hydrogen) atoms. The summed E-state index contributed by atoms with van der Waals surface area (Å²) in [5.41, 5.74) is -1.24.